The standard InChI is InChI=1S/C12H18F2N2O2S/c1-9(2)16(8-7-15)10-5-3-4-6-11(10)19(17,18)12(13)14/h3-6,9,12H,7-8,15H2,1-2H3. The Morgan fingerprint density at radius 2 is 1.84 bits per heavy atom. The molecule has 0 aliphatic heterocycles. The summed E-state index contributed by atoms with van der Waals surface area (Å²) in [6.07, 6.45) is 0. The number of para-hydroxylation sites is 1. The van der Waals surface area contributed by atoms with Gasteiger partial charge < -0.3 is 10.6 Å². The van der Waals surface area contributed by atoms with Crippen LogP contribution in [0.5, 0.6) is 0 Å². The highest BCUT2D eigenvalue weighted by Crippen LogP contribution is 2.30. The van der Waals surface area contributed by atoms with E-state index >= 15 is 0 Å². The Hall–Kier alpha value is -1.21. The van der Waals surface area contributed by atoms with Crippen molar-refractivity contribution in [1.82, 2.24) is 0 Å². The topological polar surface area (TPSA) is 63.4 Å². The minimum Gasteiger partial charge on any atom is -0.367 e. The van der Waals surface area contributed by atoms with E-state index in [4.69, 9.17) is 5.73 Å². The molecule has 0 aromatic heterocycles. The zero-order valence-corrected chi connectivity index (χ0v) is 11.7. The predicted octanol–water partition coefficient (Wildman–Crippen LogP) is 1.86. The van der Waals surface area contributed by atoms with Crippen molar-refractivity contribution in [2.75, 3.05) is 18.0 Å². The first kappa shape index (κ1) is 15.8. The van der Waals surface area contributed by atoms with E-state index in [1.807, 2.05) is 13.8 Å². The number of anilines is 1. The van der Waals surface area contributed by atoms with Gasteiger partial charge in [-0.1, -0.05) is 12.1 Å². The molecule has 0 saturated heterocycles. The van der Waals surface area contributed by atoms with E-state index in [2.05, 4.69) is 0 Å². The van der Waals surface area contributed by atoms with Gasteiger partial charge in [0.2, 0.25) is 9.84 Å². The third kappa shape index (κ3) is 3.42. The Morgan fingerprint density at radius 1 is 1.26 bits per heavy atom. The number of nitrogens with zero attached hydrogens (tertiary/aromatic N) is 1. The van der Waals surface area contributed by atoms with Gasteiger partial charge in [-0.05, 0) is 26.0 Å². The number of halogens is 2. The molecule has 0 saturated carbocycles. The van der Waals surface area contributed by atoms with Crippen LogP contribution in [-0.2, 0) is 9.84 Å². The normalized spacial score (nSPS) is 12.2. The van der Waals surface area contributed by atoms with E-state index in [0.29, 0.717) is 13.1 Å². The van der Waals surface area contributed by atoms with Crippen LogP contribution in [0.2, 0.25) is 0 Å². The summed E-state index contributed by atoms with van der Waals surface area (Å²) in [5.74, 6) is -3.43. The van der Waals surface area contributed by atoms with Crippen LogP contribution in [0, 0.1) is 0 Å². The maximum atomic E-state index is 12.7. The smallest absolute Gasteiger partial charge is 0.341 e. The minimum absolute atomic E-state index is 0.0439. The van der Waals surface area contributed by atoms with Gasteiger partial charge in [0, 0.05) is 19.1 Å². The van der Waals surface area contributed by atoms with Gasteiger partial charge in [0.05, 0.1) is 10.6 Å². The second kappa shape index (κ2) is 6.29. The average Bonchev–Trinajstić information content (AvgIpc) is 2.35. The summed E-state index contributed by atoms with van der Waals surface area (Å²) in [5, 5.41) is 0. The van der Waals surface area contributed by atoms with E-state index in [1.54, 1.807) is 11.0 Å². The Labute approximate surface area is 112 Å². The fourth-order valence-corrected chi connectivity index (χ4v) is 2.76. The molecule has 0 bridgehead atoms. The van der Waals surface area contributed by atoms with Crippen LogP contribution in [0.3, 0.4) is 0 Å². The molecule has 0 unspecified atom stereocenters. The van der Waals surface area contributed by atoms with Crippen LogP contribution in [0.4, 0.5) is 14.5 Å². The van der Waals surface area contributed by atoms with E-state index in [9.17, 15) is 17.2 Å². The van der Waals surface area contributed by atoms with Gasteiger partial charge in [-0.25, -0.2) is 8.42 Å². The largest absolute Gasteiger partial charge is 0.367 e. The van der Waals surface area contributed by atoms with Crippen molar-refractivity contribution >= 4 is 15.5 Å². The van der Waals surface area contributed by atoms with Gasteiger partial charge in [0.15, 0.2) is 0 Å². The summed E-state index contributed by atoms with van der Waals surface area (Å²) in [4.78, 5) is 1.35. The number of hydrogen-bond donors (Lipinski definition) is 1. The van der Waals surface area contributed by atoms with Gasteiger partial charge in [-0.3, -0.25) is 0 Å². The maximum Gasteiger partial charge on any atom is 0.341 e. The number of benzene rings is 1. The molecule has 7 heteroatoms. The molecule has 0 fully saturated rings. The van der Waals surface area contributed by atoms with Crippen LogP contribution >= 0.6 is 0 Å². The first-order chi connectivity index (χ1) is 8.82. The third-order valence-electron chi connectivity index (χ3n) is 2.71. The maximum absolute atomic E-state index is 12.7. The molecule has 0 aliphatic rings. The summed E-state index contributed by atoms with van der Waals surface area (Å²) < 4.78 is 48.7. The van der Waals surface area contributed by atoms with E-state index < -0.39 is 15.6 Å². The second-order valence-electron chi connectivity index (χ2n) is 4.35. The Kier molecular flexibility index (Phi) is 5.25. The summed E-state index contributed by atoms with van der Waals surface area (Å²) in [7, 11) is -4.62. The van der Waals surface area contributed by atoms with Crippen LogP contribution < -0.4 is 10.6 Å². The third-order valence-corrected chi connectivity index (χ3v) is 4.14. The second-order valence-corrected chi connectivity index (χ2v) is 6.24. The molecule has 0 aliphatic carbocycles. The lowest BCUT2D eigenvalue weighted by Gasteiger charge is -2.30. The Morgan fingerprint density at radius 3 is 2.32 bits per heavy atom. The quantitative estimate of drug-likeness (QED) is 0.869. The van der Waals surface area contributed by atoms with Crippen molar-refractivity contribution in [3.8, 4) is 0 Å². The van der Waals surface area contributed by atoms with Crippen molar-refractivity contribution in [3.63, 3.8) is 0 Å². The predicted molar refractivity (Wildman–Crippen MR) is 71.2 cm³/mol. The number of sulfone groups is 1. The summed E-state index contributed by atoms with van der Waals surface area (Å²) >= 11 is 0. The molecule has 0 atom stereocenters. The zero-order chi connectivity index (χ0) is 14.6. The Bertz CT molecular complexity index is 518. The number of rotatable bonds is 6. The van der Waals surface area contributed by atoms with Gasteiger partial charge in [-0.2, -0.15) is 8.78 Å². The first-order valence-corrected chi connectivity index (χ1v) is 7.44. The molecule has 2 N–H and O–H groups in total. The lowest BCUT2D eigenvalue weighted by Crippen LogP contribution is -2.36. The van der Waals surface area contributed by atoms with Crippen LogP contribution in [0.1, 0.15) is 13.8 Å². The van der Waals surface area contributed by atoms with Crippen LogP contribution in [0.25, 0.3) is 0 Å². The molecular formula is C12H18F2N2O2S. The molecular weight excluding hydrogens is 274 g/mol. The molecule has 108 valence electrons. The molecule has 19 heavy (non-hydrogen) atoms. The average molecular weight is 292 g/mol. The number of nitrogens with two attached hydrogens (primary N) is 1. The van der Waals surface area contributed by atoms with Gasteiger partial charge in [-0.15, -0.1) is 0 Å². The van der Waals surface area contributed by atoms with Crippen molar-refractivity contribution < 1.29 is 17.2 Å². The minimum atomic E-state index is -4.62. The van der Waals surface area contributed by atoms with E-state index in [1.165, 1.54) is 18.2 Å². The lowest BCUT2D eigenvalue weighted by atomic mass is 10.2. The number of alkyl halides is 2. The zero-order valence-electron chi connectivity index (χ0n) is 10.9. The van der Waals surface area contributed by atoms with E-state index in [0.717, 1.165) is 0 Å². The highest BCUT2D eigenvalue weighted by Gasteiger charge is 2.30. The highest BCUT2D eigenvalue weighted by atomic mass is 32.2. The summed E-state index contributed by atoms with van der Waals surface area (Å²) in [6.45, 7) is 4.40. The van der Waals surface area contributed by atoms with Crippen molar-refractivity contribution in [1.29, 1.82) is 0 Å². The fraction of sp³-hybridized carbons (Fsp3) is 0.500. The van der Waals surface area contributed by atoms with Gasteiger partial charge >= 0.3 is 5.76 Å². The van der Waals surface area contributed by atoms with Crippen molar-refractivity contribution in [3.05, 3.63) is 24.3 Å². The first-order valence-electron chi connectivity index (χ1n) is 5.90. The molecule has 1 aromatic carbocycles. The van der Waals surface area contributed by atoms with E-state index in [-0.39, 0.29) is 16.6 Å². The molecule has 0 heterocycles. The molecule has 1 rings (SSSR count). The van der Waals surface area contributed by atoms with Crippen LogP contribution in [-0.4, -0.2) is 33.3 Å². The summed E-state index contributed by atoms with van der Waals surface area (Å²) in [5.41, 5.74) is 5.75. The van der Waals surface area contributed by atoms with Gasteiger partial charge in [0.25, 0.3) is 0 Å². The molecule has 0 spiro atoms. The number of hydrogen-bond acceptors (Lipinski definition) is 4. The molecule has 0 radical (unpaired) electrons. The fourth-order valence-electron chi connectivity index (χ4n) is 1.83. The molecule has 0 amide bonds. The van der Waals surface area contributed by atoms with Crippen LogP contribution in [0.15, 0.2) is 29.2 Å². The van der Waals surface area contributed by atoms with Gasteiger partial charge in [0.1, 0.15) is 0 Å². The Balaban J connectivity index is 3.37. The summed E-state index contributed by atoms with van der Waals surface area (Å²) in [6, 6.07) is 5.72. The SMILES string of the molecule is CC(C)N(CCN)c1ccccc1S(=O)(=O)C(F)F. The van der Waals surface area contributed by atoms with Crippen molar-refractivity contribution in [2.45, 2.75) is 30.5 Å². The van der Waals surface area contributed by atoms with Crippen molar-refractivity contribution in [2.24, 2.45) is 5.73 Å². The lowest BCUT2D eigenvalue weighted by molar-refractivity contribution is 0.235. The highest BCUT2D eigenvalue weighted by molar-refractivity contribution is 7.91. The molecule has 4 nitrogen and oxygen atoms in total. The molecule has 1 aromatic rings. The monoisotopic (exact) mass is 292 g/mol.